The first-order chi connectivity index (χ1) is 13.3. The molecule has 1 N–H and O–H groups in total. The Morgan fingerprint density at radius 1 is 1.04 bits per heavy atom. The average molecular weight is 386 g/mol. The van der Waals surface area contributed by atoms with E-state index in [4.69, 9.17) is 9.47 Å². The van der Waals surface area contributed by atoms with Crippen LogP contribution in [0.2, 0.25) is 0 Å². The molecule has 4 aliphatic rings. The molecule has 5 rings (SSSR count). The quantitative estimate of drug-likeness (QED) is 0.718. The monoisotopic (exact) mass is 385 g/mol. The fraction of sp³-hybridized carbons (Fsp3) is 0.708. The molecular formula is C24H35NO3. The molecule has 0 saturated heterocycles. The maximum absolute atomic E-state index is 11.7. The van der Waals surface area contributed by atoms with E-state index in [1.165, 1.54) is 44.1 Å². The molecular weight excluding hydrogens is 350 g/mol. The molecule has 0 atom stereocenters. The summed E-state index contributed by atoms with van der Waals surface area (Å²) in [6.45, 7) is 7.07. The molecule has 1 aromatic rings. The number of carbonyl (C=O) groups is 1. The lowest BCUT2D eigenvalue weighted by atomic mass is 9.50. The molecule has 1 aromatic carbocycles. The summed E-state index contributed by atoms with van der Waals surface area (Å²) in [5.41, 5.74) is 1.18. The highest BCUT2D eigenvalue weighted by Crippen LogP contribution is 2.60. The molecule has 4 saturated carbocycles. The summed E-state index contributed by atoms with van der Waals surface area (Å²) < 4.78 is 11.5. The van der Waals surface area contributed by atoms with Gasteiger partial charge in [-0.1, -0.05) is 12.1 Å². The molecule has 4 aliphatic carbocycles. The lowest BCUT2D eigenvalue weighted by molar-refractivity contribution is -0.0745. The van der Waals surface area contributed by atoms with Crippen molar-refractivity contribution in [2.45, 2.75) is 71.3 Å². The van der Waals surface area contributed by atoms with Crippen LogP contribution < -0.4 is 10.1 Å². The Labute approximate surface area is 169 Å². The summed E-state index contributed by atoms with van der Waals surface area (Å²) in [5, 5.41) is 2.81. The second-order valence-electron chi connectivity index (χ2n) is 10.5. The van der Waals surface area contributed by atoms with Crippen LogP contribution >= 0.6 is 0 Å². The van der Waals surface area contributed by atoms with E-state index in [0.29, 0.717) is 12.0 Å². The average Bonchev–Trinajstić information content (AvgIpc) is 2.58. The van der Waals surface area contributed by atoms with Crippen LogP contribution in [-0.4, -0.2) is 24.8 Å². The Morgan fingerprint density at radius 3 is 2.14 bits per heavy atom. The molecule has 0 aromatic heterocycles. The molecule has 0 heterocycles. The largest absolute Gasteiger partial charge is 0.493 e. The zero-order valence-corrected chi connectivity index (χ0v) is 17.6. The van der Waals surface area contributed by atoms with E-state index in [-0.39, 0.29) is 6.09 Å². The molecule has 1 amide bonds. The van der Waals surface area contributed by atoms with Crippen LogP contribution in [0.5, 0.6) is 5.75 Å². The SMILES string of the molecule is CC(C)(C)OC(=O)NCCc1ccc(OCC23CC4CC(CC(C4)C2)C3)cc1. The van der Waals surface area contributed by atoms with Gasteiger partial charge in [0.05, 0.1) is 6.61 Å². The fourth-order valence-electron chi connectivity index (χ4n) is 6.08. The standard InChI is InChI=1S/C24H35NO3/c1-23(2,3)28-22(26)25-9-8-17-4-6-21(7-5-17)27-16-24-13-18-10-19(14-24)12-20(11-18)15-24/h4-7,18-20H,8-16H2,1-3H3,(H,25,26). The van der Waals surface area contributed by atoms with Gasteiger partial charge in [-0.25, -0.2) is 4.79 Å². The molecule has 154 valence electrons. The molecule has 0 radical (unpaired) electrons. The Bertz CT molecular complexity index is 654. The number of ether oxygens (including phenoxy) is 2. The van der Waals surface area contributed by atoms with Crippen LogP contribution in [0.1, 0.15) is 64.9 Å². The van der Waals surface area contributed by atoms with E-state index in [1.807, 2.05) is 20.8 Å². The highest BCUT2D eigenvalue weighted by atomic mass is 16.6. The lowest BCUT2D eigenvalue weighted by Crippen LogP contribution is -2.48. The number of nitrogens with one attached hydrogen (secondary N) is 1. The van der Waals surface area contributed by atoms with Crippen LogP contribution in [0.3, 0.4) is 0 Å². The second-order valence-corrected chi connectivity index (χ2v) is 10.5. The highest BCUT2D eigenvalue weighted by molar-refractivity contribution is 5.67. The maximum atomic E-state index is 11.7. The molecule has 0 spiro atoms. The van der Waals surface area contributed by atoms with Crippen molar-refractivity contribution in [1.82, 2.24) is 5.32 Å². The number of benzene rings is 1. The highest BCUT2D eigenvalue weighted by Gasteiger charge is 2.51. The summed E-state index contributed by atoms with van der Waals surface area (Å²) in [7, 11) is 0. The first-order valence-corrected chi connectivity index (χ1v) is 11.0. The summed E-state index contributed by atoms with van der Waals surface area (Å²) >= 11 is 0. The Balaban J connectivity index is 1.22. The van der Waals surface area contributed by atoms with Crippen LogP contribution in [-0.2, 0) is 11.2 Å². The van der Waals surface area contributed by atoms with Crippen LogP contribution in [0.15, 0.2) is 24.3 Å². The maximum Gasteiger partial charge on any atom is 0.407 e. The summed E-state index contributed by atoms with van der Waals surface area (Å²) in [4.78, 5) is 11.7. The molecule has 0 aliphatic heterocycles. The van der Waals surface area contributed by atoms with Gasteiger partial charge in [-0.15, -0.1) is 0 Å². The Hall–Kier alpha value is -1.71. The van der Waals surface area contributed by atoms with Gasteiger partial charge in [0.15, 0.2) is 0 Å². The van der Waals surface area contributed by atoms with E-state index < -0.39 is 5.60 Å². The molecule has 4 heteroatoms. The van der Waals surface area contributed by atoms with Crippen molar-refractivity contribution >= 4 is 6.09 Å². The van der Waals surface area contributed by atoms with Gasteiger partial charge in [0, 0.05) is 12.0 Å². The molecule has 28 heavy (non-hydrogen) atoms. The zero-order valence-electron chi connectivity index (χ0n) is 17.6. The Kier molecular flexibility index (Phi) is 5.32. The third-order valence-electron chi connectivity index (χ3n) is 6.72. The smallest absolute Gasteiger partial charge is 0.407 e. The van der Waals surface area contributed by atoms with Gasteiger partial charge in [0.2, 0.25) is 0 Å². The number of hydrogen-bond donors (Lipinski definition) is 1. The zero-order chi connectivity index (χ0) is 19.8. The van der Waals surface area contributed by atoms with Gasteiger partial charge in [-0.2, -0.15) is 0 Å². The minimum absolute atomic E-state index is 0.358. The summed E-state index contributed by atoms with van der Waals surface area (Å²) in [6, 6.07) is 8.35. The third-order valence-corrected chi connectivity index (χ3v) is 6.72. The predicted molar refractivity (Wildman–Crippen MR) is 110 cm³/mol. The van der Waals surface area contributed by atoms with Gasteiger partial charge in [0.1, 0.15) is 11.4 Å². The van der Waals surface area contributed by atoms with E-state index >= 15 is 0 Å². The minimum Gasteiger partial charge on any atom is -0.493 e. The van der Waals surface area contributed by atoms with Crippen LogP contribution in [0.4, 0.5) is 4.79 Å². The first kappa shape index (κ1) is 19.6. The minimum atomic E-state index is -0.459. The third kappa shape index (κ3) is 4.82. The summed E-state index contributed by atoms with van der Waals surface area (Å²) in [5.74, 6) is 3.87. The van der Waals surface area contributed by atoms with Crippen molar-refractivity contribution in [3.63, 3.8) is 0 Å². The number of carbonyl (C=O) groups excluding carboxylic acids is 1. The lowest BCUT2D eigenvalue weighted by Gasteiger charge is -2.56. The second kappa shape index (κ2) is 7.61. The van der Waals surface area contributed by atoms with E-state index in [0.717, 1.165) is 36.5 Å². The topological polar surface area (TPSA) is 47.6 Å². The van der Waals surface area contributed by atoms with Crippen molar-refractivity contribution in [1.29, 1.82) is 0 Å². The van der Waals surface area contributed by atoms with E-state index in [1.54, 1.807) is 0 Å². The van der Waals surface area contributed by atoms with Gasteiger partial charge >= 0.3 is 6.09 Å². The van der Waals surface area contributed by atoms with Crippen molar-refractivity contribution in [3.8, 4) is 5.75 Å². The fourth-order valence-corrected chi connectivity index (χ4v) is 6.08. The van der Waals surface area contributed by atoms with E-state index in [9.17, 15) is 4.79 Å². The van der Waals surface area contributed by atoms with Gasteiger partial charge in [0.25, 0.3) is 0 Å². The number of rotatable bonds is 6. The van der Waals surface area contributed by atoms with Crippen molar-refractivity contribution in [2.24, 2.45) is 23.2 Å². The number of alkyl carbamates (subject to hydrolysis) is 1. The van der Waals surface area contributed by atoms with Crippen LogP contribution in [0, 0.1) is 23.2 Å². The first-order valence-electron chi connectivity index (χ1n) is 11.0. The van der Waals surface area contributed by atoms with Gasteiger partial charge in [-0.05, 0) is 101 Å². The molecule has 4 fully saturated rings. The number of amides is 1. The summed E-state index contributed by atoms with van der Waals surface area (Å²) in [6.07, 6.45) is 9.01. The van der Waals surface area contributed by atoms with Crippen molar-refractivity contribution in [3.05, 3.63) is 29.8 Å². The molecule has 0 unspecified atom stereocenters. The predicted octanol–water partition coefficient (Wildman–Crippen LogP) is 5.35. The Morgan fingerprint density at radius 2 is 1.61 bits per heavy atom. The molecule has 4 bridgehead atoms. The van der Waals surface area contributed by atoms with Gasteiger partial charge < -0.3 is 14.8 Å². The van der Waals surface area contributed by atoms with Crippen LogP contribution in [0.25, 0.3) is 0 Å². The normalized spacial score (nSPS) is 30.9. The number of hydrogen-bond acceptors (Lipinski definition) is 3. The van der Waals surface area contributed by atoms with E-state index in [2.05, 4.69) is 29.6 Å². The van der Waals surface area contributed by atoms with Gasteiger partial charge in [-0.3, -0.25) is 0 Å². The van der Waals surface area contributed by atoms with Crippen molar-refractivity contribution < 1.29 is 14.3 Å². The molecule has 4 nitrogen and oxygen atoms in total. The van der Waals surface area contributed by atoms with Crippen molar-refractivity contribution in [2.75, 3.05) is 13.2 Å².